The number of nitrogens with zero attached hydrogens (tertiary/aromatic N) is 3. The quantitative estimate of drug-likeness (QED) is 0.845. The SMILES string of the molecule is NC(=O)C1CC(=O)N(c2ncnc3ccccc23)C1. The predicted octanol–water partition coefficient (Wildman–Crippen LogP) is 0.468. The summed E-state index contributed by atoms with van der Waals surface area (Å²) >= 11 is 0. The van der Waals surface area contributed by atoms with E-state index in [0.29, 0.717) is 5.82 Å². The van der Waals surface area contributed by atoms with Crippen LogP contribution in [0.1, 0.15) is 6.42 Å². The molecule has 19 heavy (non-hydrogen) atoms. The molecule has 1 saturated heterocycles. The van der Waals surface area contributed by atoms with Crippen LogP contribution >= 0.6 is 0 Å². The van der Waals surface area contributed by atoms with Crippen LogP contribution in [-0.2, 0) is 9.59 Å². The lowest BCUT2D eigenvalue weighted by atomic mass is 10.1. The number of fused-ring (bicyclic) bond motifs is 1. The highest BCUT2D eigenvalue weighted by molar-refractivity contribution is 6.04. The average Bonchev–Trinajstić information content (AvgIpc) is 2.80. The van der Waals surface area contributed by atoms with Crippen molar-refractivity contribution in [2.24, 2.45) is 11.7 Å². The molecule has 0 bridgehead atoms. The lowest BCUT2D eigenvalue weighted by molar-refractivity contribution is -0.123. The first kappa shape index (κ1) is 11.6. The van der Waals surface area contributed by atoms with Gasteiger partial charge >= 0.3 is 0 Å². The van der Waals surface area contributed by atoms with Crippen LogP contribution in [-0.4, -0.2) is 28.3 Å². The molecule has 3 rings (SSSR count). The highest BCUT2D eigenvalue weighted by Crippen LogP contribution is 2.28. The lowest BCUT2D eigenvalue weighted by Gasteiger charge is -2.16. The summed E-state index contributed by atoms with van der Waals surface area (Å²) in [7, 11) is 0. The van der Waals surface area contributed by atoms with Crippen LogP contribution in [0, 0.1) is 5.92 Å². The third kappa shape index (κ3) is 1.91. The van der Waals surface area contributed by atoms with Crippen LogP contribution in [0.5, 0.6) is 0 Å². The Kier molecular flexibility index (Phi) is 2.63. The van der Waals surface area contributed by atoms with Crippen LogP contribution in [0.15, 0.2) is 30.6 Å². The Morgan fingerprint density at radius 1 is 1.32 bits per heavy atom. The van der Waals surface area contributed by atoms with E-state index in [9.17, 15) is 9.59 Å². The number of benzene rings is 1. The number of nitrogens with two attached hydrogens (primary N) is 1. The Hall–Kier alpha value is -2.50. The molecule has 0 saturated carbocycles. The van der Waals surface area contributed by atoms with Crippen molar-refractivity contribution in [3.8, 4) is 0 Å². The Bertz CT molecular complexity index is 665. The number of hydrogen-bond donors (Lipinski definition) is 1. The maximum atomic E-state index is 12.0. The predicted molar refractivity (Wildman–Crippen MR) is 69.2 cm³/mol. The van der Waals surface area contributed by atoms with Crippen LogP contribution < -0.4 is 10.6 Å². The molecule has 0 aliphatic carbocycles. The molecule has 2 amide bonds. The molecule has 2 N–H and O–H groups in total. The summed E-state index contributed by atoms with van der Waals surface area (Å²) in [5.74, 6) is -0.484. The van der Waals surface area contributed by atoms with E-state index in [-0.39, 0.29) is 18.9 Å². The standard InChI is InChI=1S/C13H12N4O2/c14-12(19)8-5-11(18)17(6-8)13-9-3-1-2-4-10(9)15-7-16-13/h1-4,7-8H,5-6H2,(H2,14,19). The molecule has 6 heteroatoms. The highest BCUT2D eigenvalue weighted by atomic mass is 16.2. The molecule has 1 unspecified atom stereocenters. The fourth-order valence-electron chi connectivity index (χ4n) is 2.31. The van der Waals surface area contributed by atoms with E-state index in [1.165, 1.54) is 11.2 Å². The minimum absolute atomic E-state index is 0.132. The normalized spacial score (nSPS) is 19.1. The summed E-state index contributed by atoms with van der Waals surface area (Å²) in [6.07, 6.45) is 1.57. The Morgan fingerprint density at radius 3 is 2.84 bits per heavy atom. The van der Waals surface area contributed by atoms with Crippen molar-refractivity contribution >= 4 is 28.5 Å². The van der Waals surface area contributed by atoms with Crippen molar-refractivity contribution in [3.63, 3.8) is 0 Å². The van der Waals surface area contributed by atoms with E-state index in [2.05, 4.69) is 9.97 Å². The topological polar surface area (TPSA) is 89.2 Å². The zero-order valence-electron chi connectivity index (χ0n) is 10.1. The van der Waals surface area contributed by atoms with Gasteiger partial charge in [-0.05, 0) is 12.1 Å². The van der Waals surface area contributed by atoms with Crippen LogP contribution in [0.4, 0.5) is 5.82 Å². The lowest BCUT2D eigenvalue weighted by Crippen LogP contribution is -2.29. The van der Waals surface area contributed by atoms with Crippen molar-refractivity contribution in [1.29, 1.82) is 0 Å². The Morgan fingerprint density at radius 2 is 2.11 bits per heavy atom. The number of amides is 2. The first-order chi connectivity index (χ1) is 9.16. The van der Waals surface area contributed by atoms with Crippen LogP contribution in [0.25, 0.3) is 10.9 Å². The highest BCUT2D eigenvalue weighted by Gasteiger charge is 2.35. The number of primary amides is 1. The fraction of sp³-hybridized carbons (Fsp3) is 0.231. The largest absolute Gasteiger partial charge is 0.369 e. The summed E-state index contributed by atoms with van der Waals surface area (Å²) in [6.45, 7) is 0.287. The van der Waals surface area contributed by atoms with Crippen LogP contribution in [0.3, 0.4) is 0 Å². The van der Waals surface area contributed by atoms with E-state index in [1.807, 2.05) is 24.3 Å². The van der Waals surface area contributed by atoms with Gasteiger partial charge in [0.1, 0.15) is 12.1 Å². The van der Waals surface area contributed by atoms with Gasteiger partial charge in [0, 0.05) is 18.4 Å². The van der Waals surface area contributed by atoms with Gasteiger partial charge < -0.3 is 5.73 Å². The van der Waals surface area contributed by atoms with Gasteiger partial charge in [-0.2, -0.15) is 0 Å². The Labute approximate surface area is 109 Å². The molecule has 1 aliphatic rings. The zero-order valence-corrected chi connectivity index (χ0v) is 10.1. The monoisotopic (exact) mass is 256 g/mol. The molecule has 96 valence electrons. The molecule has 0 spiro atoms. The molecule has 0 radical (unpaired) electrons. The summed E-state index contributed by atoms with van der Waals surface area (Å²) in [6, 6.07) is 7.45. The molecule has 2 aromatic rings. The molecular formula is C13H12N4O2. The average molecular weight is 256 g/mol. The van der Waals surface area contributed by atoms with Gasteiger partial charge in [0.15, 0.2) is 0 Å². The second-order valence-electron chi connectivity index (χ2n) is 4.52. The molecule has 1 aromatic carbocycles. The first-order valence-electron chi connectivity index (χ1n) is 5.96. The molecule has 6 nitrogen and oxygen atoms in total. The molecular weight excluding hydrogens is 244 g/mol. The van der Waals surface area contributed by atoms with Crippen molar-refractivity contribution in [1.82, 2.24) is 9.97 Å². The minimum Gasteiger partial charge on any atom is -0.369 e. The number of aromatic nitrogens is 2. The third-order valence-corrected chi connectivity index (χ3v) is 3.30. The number of anilines is 1. The van der Waals surface area contributed by atoms with Gasteiger partial charge in [-0.3, -0.25) is 14.5 Å². The summed E-state index contributed by atoms with van der Waals surface area (Å²) in [5, 5.41) is 0.795. The number of hydrogen-bond acceptors (Lipinski definition) is 4. The van der Waals surface area contributed by atoms with Gasteiger partial charge in [-0.25, -0.2) is 9.97 Å². The molecule has 1 aliphatic heterocycles. The number of carbonyl (C=O) groups is 2. The van der Waals surface area contributed by atoms with Crippen molar-refractivity contribution in [3.05, 3.63) is 30.6 Å². The maximum Gasteiger partial charge on any atom is 0.229 e. The summed E-state index contributed by atoms with van der Waals surface area (Å²) < 4.78 is 0. The summed E-state index contributed by atoms with van der Waals surface area (Å²) in [5.41, 5.74) is 6.03. The van der Waals surface area contributed by atoms with E-state index < -0.39 is 11.8 Å². The van der Waals surface area contributed by atoms with Crippen LogP contribution in [0.2, 0.25) is 0 Å². The van der Waals surface area contributed by atoms with Gasteiger partial charge in [-0.1, -0.05) is 12.1 Å². The van der Waals surface area contributed by atoms with E-state index >= 15 is 0 Å². The fourth-order valence-corrected chi connectivity index (χ4v) is 2.31. The van der Waals surface area contributed by atoms with Gasteiger partial charge in [-0.15, -0.1) is 0 Å². The van der Waals surface area contributed by atoms with E-state index in [1.54, 1.807) is 0 Å². The number of carbonyl (C=O) groups excluding carboxylic acids is 2. The minimum atomic E-state index is -0.450. The zero-order chi connectivity index (χ0) is 13.4. The second kappa shape index (κ2) is 4.31. The van der Waals surface area contributed by atoms with Crippen molar-refractivity contribution in [2.45, 2.75) is 6.42 Å². The van der Waals surface area contributed by atoms with Crippen molar-refractivity contribution in [2.75, 3.05) is 11.4 Å². The molecule has 1 atom stereocenters. The smallest absolute Gasteiger partial charge is 0.229 e. The summed E-state index contributed by atoms with van der Waals surface area (Å²) in [4.78, 5) is 33.0. The van der Waals surface area contributed by atoms with Gasteiger partial charge in [0.25, 0.3) is 0 Å². The maximum absolute atomic E-state index is 12.0. The Balaban J connectivity index is 2.05. The number of para-hydroxylation sites is 1. The van der Waals surface area contributed by atoms with Crippen molar-refractivity contribution < 1.29 is 9.59 Å². The van der Waals surface area contributed by atoms with E-state index in [4.69, 9.17) is 5.73 Å². The second-order valence-corrected chi connectivity index (χ2v) is 4.52. The van der Waals surface area contributed by atoms with Gasteiger partial charge in [0.2, 0.25) is 11.8 Å². The van der Waals surface area contributed by atoms with Gasteiger partial charge in [0.05, 0.1) is 11.4 Å². The number of rotatable bonds is 2. The third-order valence-electron chi connectivity index (χ3n) is 3.30. The molecule has 1 fully saturated rings. The molecule has 1 aromatic heterocycles. The first-order valence-corrected chi connectivity index (χ1v) is 5.96. The van der Waals surface area contributed by atoms with E-state index in [0.717, 1.165) is 10.9 Å². The molecule has 2 heterocycles.